The maximum absolute atomic E-state index is 8.83. The number of aromatic nitrogens is 1. The van der Waals surface area contributed by atoms with Crippen LogP contribution in [-0.2, 0) is 0 Å². The molecule has 5 nitrogen and oxygen atoms in total. The Morgan fingerprint density at radius 3 is 2.57 bits per heavy atom. The summed E-state index contributed by atoms with van der Waals surface area (Å²) in [6.07, 6.45) is 0. The lowest BCUT2D eigenvalue weighted by atomic mass is 10.2. The molecule has 0 amide bonds. The lowest BCUT2D eigenvalue weighted by Gasteiger charge is -2.29. The number of ether oxygens (including phenoxy) is 1. The average Bonchev–Trinajstić information content (AvgIpc) is 2.56. The van der Waals surface area contributed by atoms with Crippen LogP contribution in [0.4, 0.5) is 5.69 Å². The molecule has 1 aromatic carbocycles. The zero-order chi connectivity index (χ0) is 14.5. The maximum atomic E-state index is 8.83. The van der Waals surface area contributed by atoms with Crippen LogP contribution in [0.3, 0.4) is 0 Å². The van der Waals surface area contributed by atoms with Gasteiger partial charge < -0.3 is 15.0 Å². The van der Waals surface area contributed by atoms with Crippen molar-refractivity contribution in [1.82, 2.24) is 10.3 Å². The summed E-state index contributed by atoms with van der Waals surface area (Å²) in [5, 5.41) is 12.2. The van der Waals surface area contributed by atoms with Crippen molar-refractivity contribution in [3.8, 4) is 17.7 Å². The molecule has 3 rings (SSSR count). The van der Waals surface area contributed by atoms with Gasteiger partial charge in [0.15, 0.2) is 0 Å². The highest BCUT2D eigenvalue weighted by Crippen LogP contribution is 2.23. The molecular formula is C16H16N4O. The van der Waals surface area contributed by atoms with E-state index in [-0.39, 0.29) is 0 Å². The number of nitrogens with zero attached hydrogens (tertiary/aromatic N) is 3. The molecule has 1 fully saturated rings. The van der Waals surface area contributed by atoms with E-state index >= 15 is 0 Å². The minimum atomic E-state index is 0.352. The number of nitriles is 1. The van der Waals surface area contributed by atoms with Crippen molar-refractivity contribution in [3.05, 3.63) is 48.2 Å². The van der Waals surface area contributed by atoms with Crippen LogP contribution < -0.4 is 15.0 Å². The fourth-order valence-corrected chi connectivity index (χ4v) is 2.30. The molecule has 0 radical (unpaired) electrons. The third-order valence-electron chi connectivity index (χ3n) is 3.38. The van der Waals surface area contributed by atoms with Gasteiger partial charge in [-0.1, -0.05) is 6.07 Å². The van der Waals surface area contributed by atoms with E-state index in [4.69, 9.17) is 10.00 Å². The van der Waals surface area contributed by atoms with Gasteiger partial charge in [0, 0.05) is 37.9 Å². The van der Waals surface area contributed by atoms with Gasteiger partial charge in [0.1, 0.15) is 17.5 Å². The zero-order valence-electron chi connectivity index (χ0n) is 11.6. The average molecular weight is 280 g/mol. The molecule has 0 saturated carbocycles. The van der Waals surface area contributed by atoms with Crippen molar-refractivity contribution < 1.29 is 4.74 Å². The molecular weight excluding hydrogens is 264 g/mol. The second-order valence-electron chi connectivity index (χ2n) is 4.81. The first-order valence-corrected chi connectivity index (χ1v) is 6.96. The van der Waals surface area contributed by atoms with Crippen LogP contribution in [0, 0.1) is 11.3 Å². The number of nitrogens with one attached hydrogen (secondary N) is 1. The van der Waals surface area contributed by atoms with Gasteiger partial charge in [-0.3, -0.25) is 0 Å². The Balaban J connectivity index is 1.70. The predicted molar refractivity (Wildman–Crippen MR) is 80.6 cm³/mol. The molecule has 0 aliphatic carbocycles. The summed E-state index contributed by atoms with van der Waals surface area (Å²) in [7, 11) is 0. The van der Waals surface area contributed by atoms with Crippen molar-refractivity contribution in [1.29, 1.82) is 5.26 Å². The first-order valence-electron chi connectivity index (χ1n) is 6.96. The number of pyridine rings is 1. The third kappa shape index (κ3) is 3.30. The summed E-state index contributed by atoms with van der Waals surface area (Å²) in [5.41, 5.74) is 1.55. The Morgan fingerprint density at radius 2 is 1.86 bits per heavy atom. The highest BCUT2D eigenvalue weighted by Gasteiger charge is 2.10. The summed E-state index contributed by atoms with van der Waals surface area (Å²) in [6.45, 7) is 4.07. The molecule has 2 heterocycles. The lowest BCUT2D eigenvalue weighted by Crippen LogP contribution is -2.43. The molecule has 21 heavy (non-hydrogen) atoms. The minimum Gasteiger partial charge on any atom is -0.439 e. The van der Waals surface area contributed by atoms with Crippen LogP contribution in [-0.4, -0.2) is 31.2 Å². The van der Waals surface area contributed by atoms with E-state index in [2.05, 4.69) is 27.3 Å². The van der Waals surface area contributed by atoms with E-state index in [1.165, 1.54) is 5.69 Å². The Bertz CT molecular complexity index is 642. The van der Waals surface area contributed by atoms with Gasteiger partial charge in [-0.15, -0.1) is 0 Å². The van der Waals surface area contributed by atoms with E-state index in [1.54, 1.807) is 18.2 Å². The summed E-state index contributed by atoms with van der Waals surface area (Å²) >= 11 is 0. The van der Waals surface area contributed by atoms with E-state index in [1.807, 2.05) is 18.2 Å². The van der Waals surface area contributed by atoms with Crippen molar-refractivity contribution in [3.63, 3.8) is 0 Å². The lowest BCUT2D eigenvalue weighted by molar-refractivity contribution is 0.462. The van der Waals surface area contributed by atoms with E-state index < -0.39 is 0 Å². The van der Waals surface area contributed by atoms with Crippen LogP contribution >= 0.6 is 0 Å². The van der Waals surface area contributed by atoms with Crippen LogP contribution in [0.2, 0.25) is 0 Å². The number of piperazine rings is 1. The summed E-state index contributed by atoms with van der Waals surface area (Å²) in [6, 6.07) is 15.1. The van der Waals surface area contributed by atoms with Gasteiger partial charge in [0.2, 0.25) is 5.88 Å². The van der Waals surface area contributed by atoms with Gasteiger partial charge in [-0.05, 0) is 30.3 Å². The van der Waals surface area contributed by atoms with E-state index in [0.29, 0.717) is 11.6 Å². The number of benzene rings is 1. The number of rotatable bonds is 3. The van der Waals surface area contributed by atoms with Crippen molar-refractivity contribution in [2.24, 2.45) is 0 Å². The largest absolute Gasteiger partial charge is 0.439 e. The SMILES string of the molecule is N#Cc1cccc(Oc2ccc(N3CCNCC3)cc2)n1. The third-order valence-corrected chi connectivity index (χ3v) is 3.38. The first kappa shape index (κ1) is 13.4. The molecule has 2 aromatic rings. The quantitative estimate of drug-likeness (QED) is 0.933. The molecule has 1 N–H and O–H groups in total. The second kappa shape index (κ2) is 6.25. The molecule has 0 unspecified atom stereocenters. The Hall–Kier alpha value is -2.58. The number of hydrogen-bond acceptors (Lipinski definition) is 5. The van der Waals surface area contributed by atoms with Gasteiger partial charge in [0.25, 0.3) is 0 Å². The van der Waals surface area contributed by atoms with Crippen molar-refractivity contribution >= 4 is 5.69 Å². The van der Waals surface area contributed by atoms with Crippen LogP contribution in [0.1, 0.15) is 5.69 Å². The summed E-state index contributed by atoms with van der Waals surface area (Å²) in [4.78, 5) is 6.44. The standard InChI is InChI=1S/C16H16N4O/c17-12-13-2-1-3-16(19-13)21-15-6-4-14(5-7-15)20-10-8-18-9-11-20/h1-7,18H,8-11H2. The second-order valence-corrected chi connectivity index (χ2v) is 4.81. The van der Waals surface area contributed by atoms with Crippen LogP contribution in [0.5, 0.6) is 11.6 Å². The molecule has 0 atom stereocenters. The molecule has 1 saturated heterocycles. The Morgan fingerprint density at radius 1 is 1.10 bits per heavy atom. The minimum absolute atomic E-state index is 0.352. The molecule has 1 aromatic heterocycles. The molecule has 1 aliphatic heterocycles. The highest BCUT2D eigenvalue weighted by atomic mass is 16.5. The van der Waals surface area contributed by atoms with Gasteiger partial charge >= 0.3 is 0 Å². The highest BCUT2D eigenvalue weighted by molar-refractivity contribution is 5.50. The zero-order valence-corrected chi connectivity index (χ0v) is 11.6. The smallest absolute Gasteiger partial charge is 0.220 e. The first-order chi connectivity index (χ1) is 10.3. The van der Waals surface area contributed by atoms with Gasteiger partial charge in [0.05, 0.1) is 0 Å². The van der Waals surface area contributed by atoms with Gasteiger partial charge in [-0.2, -0.15) is 5.26 Å². The molecule has 0 bridgehead atoms. The van der Waals surface area contributed by atoms with Crippen LogP contribution in [0.25, 0.3) is 0 Å². The Kier molecular flexibility index (Phi) is 3.99. The topological polar surface area (TPSA) is 61.2 Å². The molecule has 106 valence electrons. The normalized spacial score (nSPS) is 14.5. The monoisotopic (exact) mass is 280 g/mol. The maximum Gasteiger partial charge on any atom is 0.220 e. The van der Waals surface area contributed by atoms with E-state index in [9.17, 15) is 0 Å². The van der Waals surface area contributed by atoms with Crippen molar-refractivity contribution in [2.75, 3.05) is 31.1 Å². The molecule has 1 aliphatic rings. The predicted octanol–water partition coefficient (Wildman–Crippen LogP) is 2.16. The Labute approximate surface area is 123 Å². The summed E-state index contributed by atoms with van der Waals surface area (Å²) < 4.78 is 5.67. The summed E-state index contributed by atoms with van der Waals surface area (Å²) in [5.74, 6) is 1.15. The van der Waals surface area contributed by atoms with Crippen molar-refractivity contribution in [2.45, 2.75) is 0 Å². The van der Waals surface area contributed by atoms with E-state index in [0.717, 1.165) is 31.9 Å². The fourth-order valence-electron chi connectivity index (χ4n) is 2.30. The molecule has 0 spiro atoms. The number of anilines is 1. The molecule has 5 heteroatoms. The number of hydrogen-bond donors (Lipinski definition) is 1. The fraction of sp³-hybridized carbons (Fsp3) is 0.250. The van der Waals surface area contributed by atoms with Crippen LogP contribution in [0.15, 0.2) is 42.5 Å². The van der Waals surface area contributed by atoms with Gasteiger partial charge in [-0.25, -0.2) is 4.98 Å².